The molecule has 0 radical (unpaired) electrons. The van der Waals surface area contributed by atoms with Gasteiger partial charge in [-0.2, -0.15) is 0 Å². The lowest BCUT2D eigenvalue weighted by molar-refractivity contribution is -0.121. The monoisotopic (exact) mass is 216 g/mol. The van der Waals surface area contributed by atoms with Crippen molar-refractivity contribution in [3.05, 3.63) is 12.2 Å². The molecule has 1 amide bonds. The van der Waals surface area contributed by atoms with Crippen LogP contribution in [0.25, 0.3) is 0 Å². The lowest BCUT2D eigenvalue weighted by atomic mass is 10.4. The third-order valence-electron chi connectivity index (χ3n) is 1.99. The molecule has 1 rings (SSSR count). The molecule has 0 aromatic rings. The lowest BCUT2D eigenvalue weighted by Gasteiger charge is -2.03. The zero-order chi connectivity index (χ0) is 10.2. The van der Waals surface area contributed by atoms with Gasteiger partial charge in [0.05, 0.1) is 0 Å². The number of allylic oxidation sites excluding steroid dienone is 1. The molecule has 4 heteroatoms. The average Bonchev–Trinajstić information content (AvgIpc) is 2.95. The highest BCUT2D eigenvalue weighted by atomic mass is 35.5. The van der Waals surface area contributed by atoms with Crippen molar-refractivity contribution in [2.24, 2.45) is 0 Å². The number of amides is 1. The first kappa shape index (κ1) is 11.5. The van der Waals surface area contributed by atoms with Crippen LogP contribution in [0.2, 0.25) is 0 Å². The predicted octanol–water partition coefficient (Wildman–Crippen LogP) is 1.04. The van der Waals surface area contributed by atoms with Crippen molar-refractivity contribution in [1.82, 2.24) is 10.6 Å². The first-order valence-corrected chi connectivity index (χ1v) is 5.57. The van der Waals surface area contributed by atoms with Gasteiger partial charge in [-0.25, -0.2) is 0 Å². The summed E-state index contributed by atoms with van der Waals surface area (Å²) < 4.78 is 0. The Morgan fingerprint density at radius 3 is 2.86 bits per heavy atom. The zero-order valence-electron chi connectivity index (χ0n) is 8.26. The summed E-state index contributed by atoms with van der Waals surface area (Å²) >= 11 is 5.45. The zero-order valence-corrected chi connectivity index (χ0v) is 9.02. The number of halogens is 1. The van der Waals surface area contributed by atoms with E-state index in [4.69, 9.17) is 11.6 Å². The normalized spacial score (nSPS) is 16.1. The molecule has 0 atom stereocenters. The Balaban J connectivity index is 1.86. The molecule has 0 unspecified atom stereocenters. The van der Waals surface area contributed by atoms with Crippen LogP contribution in [-0.4, -0.2) is 30.9 Å². The van der Waals surface area contributed by atoms with Crippen LogP contribution in [0, 0.1) is 0 Å². The van der Waals surface area contributed by atoms with Crippen molar-refractivity contribution >= 4 is 17.5 Å². The number of rotatable bonds is 7. The van der Waals surface area contributed by atoms with Gasteiger partial charge < -0.3 is 10.6 Å². The van der Waals surface area contributed by atoms with Crippen molar-refractivity contribution in [3.63, 3.8) is 0 Å². The fourth-order valence-corrected chi connectivity index (χ4v) is 1.19. The maximum atomic E-state index is 11.2. The molecule has 3 nitrogen and oxygen atoms in total. The van der Waals surface area contributed by atoms with Crippen LogP contribution in [0.5, 0.6) is 0 Å². The highest BCUT2D eigenvalue weighted by Gasteiger charge is 2.22. The molecule has 0 saturated heterocycles. The molecular weight excluding hydrogens is 200 g/mol. The smallest absolute Gasteiger partial charge is 0.221 e. The molecular formula is C10H17ClN2O. The summed E-state index contributed by atoms with van der Waals surface area (Å²) in [6, 6.07) is 0.471. The van der Waals surface area contributed by atoms with E-state index in [9.17, 15) is 4.79 Å². The highest BCUT2D eigenvalue weighted by molar-refractivity contribution is 6.18. The summed E-state index contributed by atoms with van der Waals surface area (Å²) in [5, 5.41) is 6.08. The van der Waals surface area contributed by atoms with E-state index in [1.807, 2.05) is 12.2 Å². The maximum absolute atomic E-state index is 11.2. The Hall–Kier alpha value is -0.540. The summed E-state index contributed by atoms with van der Waals surface area (Å²) in [4.78, 5) is 11.2. The van der Waals surface area contributed by atoms with E-state index in [0.717, 1.165) is 25.9 Å². The van der Waals surface area contributed by atoms with Gasteiger partial charge in [-0.05, 0) is 12.8 Å². The summed E-state index contributed by atoms with van der Waals surface area (Å²) in [5.74, 6) is 0.699. The molecule has 14 heavy (non-hydrogen) atoms. The molecule has 1 saturated carbocycles. The number of hydrogen-bond donors (Lipinski definition) is 2. The van der Waals surface area contributed by atoms with E-state index in [1.54, 1.807) is 0 Å². The maximum Gasteiger partial charge on any atom is 0.221 e. The molecule has 0 aromatic carbocycles. The standard InChI is InChI=1S/C10H17ClN2O/c11-6-1-2-7-12-8-5-10(14)13-9-3-4-9/h1-2,9,12H,3-8H2,(H,13,14)/b2-1+. The van der Waals surface area contributed by atoms with Crippen molar-refractivity contribution < 1.29 is 4.79 Å². The molecule has 0 bridgehead atoms. The SMILES string of the molecule is O=C(CCNC/C=C/CCl)NC1CC1. The molecule has 0 spiro atoms. The summed E-state index contributed by atoms with van der Waals surface area (Å²) in [5.41, 5.74) is 0. The van der Waals surface area contributed by atoms with Gasteiger partial charge in [0.25, 0.3) is 0 Å². The number of carbonyl (C=O) groups is 1. The fourth-order valence-electron chi connectivity index (χ4n) is 1.06. The van der Waals surface area contributed by atoms with Gasteiger partial charge in [-0.3, -0.25) is 4.79 Å². The van der Waals surface area contributed by atoms with E-state index in [2.05, 4.69) is 10.6 Å². The van der Waals surface area contributed by atoms with E-state index < -0.39 is 0 Å². The summed E-state index contributed by atoms with van der Waals surface area (Å²) in [7, 11) is 0. The number of carbonyl (C=O) groups excluding carboxylic acids is 1. The van der Waals surface area contributed by atoms with Gasteiger partial charge in [-0.15, -0.1) is 11.6 Å². The number of hydrogen-bond acceptors (Lipinski definition) is 2. The molecule has 1 aliphatic carbocycles. The Morgan fingerprint density at radius 1 is 1.43 bits per heavy atom. The van der Waals surface area contributed by atoms with Crippen LogP contribution in [0.1, 0.15) is 19.3 Å². The second kappa shape index (κ2) is 6.85. The van der Waals surface area contributed by atoms with Gasteiger partial charge in [0.1, 0.15) is 0 Å². The molecule has 0 heterocycles. The van der Waals surface area contributed by atoms with Crippen molar-refractivity contribution in [3.8, 4) is 0 Å². The molecule has 0 aromatic heterocycles. The van der Waals surface area contributed by atoms with Gasteiger partial charge in [0, 0.05) is 31.4 Å². The van der Waals surface area contributed by atoms with Crippen LogP contribution in [-0.2, 0) is 4.79 Å². The number of nitrogens with one attached hydrogen (secondary N) is 2. The van der Waals surface area contributed by atoms with E-state index in [0.29, 0.717) is 18.3 Å². The van der Waals surface area contributed by atoms with Gasteiger partial charge in [0.15, 0.2) is 0 Å². The van der Waals surface area contributed by atoms with Crippen molar-refractivity contribution in [1.29, 1.82) is 0 Å². The molecule has 2 N–H and O–H groups in total. The highest BCUT2D eigenvalue weighted by Crippen LogP contribution is 2.18. The van der Waals surface area contributed by atoms with Gasteiger partial charge >= 0.3 is 0 Å². The van der Waals surface area contributed by atoms with Crippen molar-refractivity contribution in [2.75, 3.05) is 19.0 Å². The minimum Gasteiger partial charge on any atom is -0.353 e. The van der Waals surface area contributed by atoms with Crippen LogP contribution in [0.3, 0.4) is 0 Å². The third-order valence-corrected chi connectivity index (χ3v) is 2.17. The van der Waals surface area contributed by atoms with Crippen LogP contribution in [0.15, 0.2) is 12.2 Å². The number of alkyl halides is 1. The minimum atomic E-state index is 0.154. The topological polar surface area (TPSA) is 41.1 Å². The minimum absolute atomic E-state index is 0.154. The summed E-state index contributed by atoms with van der Waals surface area (Å²) in [6.07, 6.45) is 6.71. The molecule has 0 aliphatic heterocycles. The van der Waals surface area contributed by atoms with E-state index in [1.165, 1.54) is 0 Å². The quantitative estimate of drug-likeness (QED) is 0.379. The van der Waals surface area contributed by atoms with Gasteiger partial charge in [0.2, 0.25) is 5.91 Å². The van der Waals surface area contributed by atoms with E-state index >= 15 is 0 Å². The average molecular weight is 217 g/mol. The Labute approximate surface area is 89.9 Å². The van der Waals surface area contributed by atoms with Crippen LogP contribution >= 0.6 is 11.6 Å². The molecule has 1 aliphatic rings. The Bertz CT molecular complexity index is 202. The Kier molecular flexibility index (Phi) is 5.64. The van der Waals surface area contributed by atoms with E-state index in [-0.39, 0.29) is 5.91 Å². The third kappa shape index (κ3) is 6.00. The first-order chi connectivity index (χ1) is 6.83. The second-order valence-electron chi connectivity index (χ2n) is 3.42. The van der Waals surface area contributed by atoms with Crippen molar-refractivity contribution in [2.45, 2.75) is 25.3 Å². The first-order valence-electron chi connectivity index (χ1n) is 5.04. The summed E-state index contributed by atoms with van der Waals surface area (Å²) in [6.45, 7) is 1.51. The van der Waals surface area contributed by atoms with Gasteiger partial charge in [-0.1, -0.05) is 12.2 Å². The van der Waals surface area contributed by atoms with Crippen LogP contribution in [0.4, 0.5) is 0 Å². The Morgan fingerprint density at radius 2 is 2.21 bits per heavy atom. The predicted molar refractivity (Wildman–Crippen MR) is 58.5 cm³/mol. The molecule has 1 fully saturated rings. The largest absolute Gasteiger partial charge is 0.353 e. The lowest BCUT2D eigenvalue weighted by Crippen LogP contribution is -2.29. The second-order valence-corrected chi connectivity index (χ2v) is 3.73. The molecule has 80 valence electrons. The van der Waals surface area contributed by atoms with Crippen LogP contribution < -0.4 is 10.6 Å². The fraction of sp³-hybridized carbons (Fsp3) is 0.700.